The van der Waals surface area contributed by atoms with Gasteiger partial charge in [-0.3, -0.25) is 19.7 Å². The SMILES string of the molecule is CC(C)CC(O)CNC(=O)c1cc([N+](=O)[O-])c[nH]c1=O. The lowest BCUT2D eigenvalue weighted by atomic mass is 10.1. The van der Waals surface area contributed by atoms with Gasteiger partial charge in [-0.25, -0.2) is 0 Å². The average Bonchev–Trinajstić information content (AvgIpc) is 2.35. The minimum absolute atomic E-state index is 0.0147. The highest BCUT2D eigenvalue weighted by atomic mass is 16.6. The topological polar surface area (TPSA) is 125 Å². The standard InChI is InChI=1S/C12H17N3O5/c1-7(2)3-9(16)6-14-12(18)10-4-8(15(19)20)5-13-11(10)17/h4-5,7,9,16H,3,6H2,1-2H3,(H,13,17)(H,14,18). The van der Waals surface area contributed by atoms with E-state index in [0.29, 0.717) is 6.42 Å². The summed E-state index contributed by atoms with van der Waals surface area (Å²) in [5, 5.41) is 22.6. The normalized spacial score (nSPS) is 12.2. The van der Waals surface area contributed by atoms with Gasteiger partial charge in [0, 0.05) is 12.6 Å². The fraction of sp³-hybridized carbons (Fsp3) is 0.500. The lowest BCUT2D eigenvalue weighted by molar-refractivity contribution is -0.385. The van der Waals surface area contributed by atoms with Gasteiger partial charge in [-0.15, -0.1) is 0 Å². The molecule has 1 atom stereocenters. The minimum Gasteiger partial charge on any atom is -0.391 e. The van der Waals surface area contributed by atoms with Gasteiger partial charge in [-0.2, -0.15) is 0 Å². The third-order valence-corrected chi connectivity index (χ3v) is 2.59. The molecule has 0 aliphatic carbocycles. The monoisotopic (exact) mass is 283 g/mol. The Morgan fingerprint density at radius 1 is 1.55 bits per heavy atom. The molecular formula is C12H17N3O5. The Kier molecular flexibility index (Phi) is 5.39. The van der Waals surface area contributed by atoms with E-state index in [1.807, 2.05) is 13.8 Å². The smallest absolute Gasteiger partial charge is 0.286 e. The van der Waals surface area contributed by atoms with Gasteiger partial charge in [-0.1, -0.05) is 13.8 Å². The maximum Gasteiger partial charge on any atom is 0.286 e. The van der Waals surface area contributed by atoms with Crippen molar-refractivity contribution >= 4 is 11.6 Å². The molecule has 0 aliphatic rings. The highest BCUT2D eigenvalue weighted by Crippen LogP contribution is 2.08. The number of carbonyl (C=O) groups excluding carboxylic acids is 1. The van der Waals surface area contributed by atoms with Crippen LogP contribution in [0.1, 0.15) is 30.6 Å². The van der Waals surface area contributed by atoms with Crippen molar-refractivity contribution in [2.75, 3.05) is 6.54 Å². The molecule has 1 heterocycles. The maximum absolute atomic E-state index is 11.8. The molecule has 1 aromatic heterocycles. The Morgan fingerprint density at radius 3 is 2.75 bits per heavy atom. The number of rotatable bonds is 6. The van der Waals surface area contributed by atoms with Crippen LogP contribution in [-0.2, 0) is 0 Å². The molecule has 0 aliphatic heterocycles. The second-order valence-electron chi connectivity index (χ2n) is 4.85. The van der Waals surface area contributed by atoms with Gasteiger partial charge in [0.1, 0.15) is 5.56 Å². The average molecular weight is 283 g/mol. The van der Waals surface area contributed by atoms with Gasteiger partial charge in [0.25, 0.3) is 17.2 Å². The lowest BCUT2D eigenvalue weighted by Gasteiger charge is -2.13. The number of nitrogens with one attached hydrogen (secondary N) is 2. The number of H-pyrrole nitrogens is 1. The van der Waals surface area contributed by atoms with Crippen molar-refractivity contribution in [3.63, 3.8) is 0 Å². The van der Waals surface area contributed by atoms with Gasteiger partial charge in [0.15, 0.2) is 0 Å². The Balaban J connectivity index is 2.75. The van der Waals surface area contributed by atoms with Crippen LogP contribution in [0.25, 0.3) is 0 Å². The molecule has 0 fully saturated rings. The molecule has 1 rings (SSSR count). The molecular weight excluding hydrogens is 266 g/mol. The number of pyridine rings is 1. The van der Waals surface area contributed by atoms with Crippen LogP contribution in [0.3, 0.4) is 0 Å². The van der Waals surface area contributed by atoms with Crippen LogP contribution in [0.2, 0.25) is 0 Å². The quantitative estimate of drug-likeness (QED) is 0.515. The highest BCUT2D eigenvalue weighted by molar-refractivity contribution is 5.94. The van der Waals surface area contributed by atoms with E-state index in [1.54, 1.807) is 0 Å². The fourth-order valence-corrected chi connectivity index (χ4v) is 1.68. The van der Waals surface area contributed by atoms with E-state index in [4.69, 9.17) is 0 Å². The second-order valence-corrected chi connectivity index (χ2v) is 4.85. The summed E-state index contributed by atoms with van der Waals surface area (Å²) in [5.74, 6) is -0.485. The van der Waals surface area contributed by atoms with Crippen molar-refractivity contribution in [3.05, 3.63) is 38.3 Å². The number of hydrogen-bond acceptors (Lipinski definition) is 5. The van der Waals surface area contributed by atoms with E-state index < -0.39 is 22.5 Å². The van der Waals surface area contributed by atoms with Crippen molar-refractivity contribution < 1.29 is 14.8 Å². The first kappa shape index (κ1) is 15.8. The van der Waals surface area contributed by atoms with E-state index in [9.17, 15) is 24.8 Å². The molecule has 0 saturated carbocycles. The molecule has 3 N–H and O–H groups in total. The van der Waals surface area contributed by atoms with Crippen LogP contribution < -0.4 is 10.9 Å². The zero-order chi connectivity index (χ0) is 15.3. The van der Waals surface area contributed by atoms with Crippen molar-refractivity contribution in [1.29, 1.82) is 0 Å². The van der Waals surface area contributed by atoms with Crippen LogP contribution in [0.5, 0.6) is 0 Å². The van der Waals surface area contributed by atoms with Gasteiger partial charge < -0.3 is 15.4 Å². The number of hydrogen-bond donors (Lipinski definition) is 3. The van der Waals surface area contributed by atoms with Gasteiger partial charge >= 0.3 is 0 Å². The van der Waals surface area contributed by atoms with Crippen molar-refractivity contribution in [1.82, 2.24) is 10.3 Å². The van der Waals surface area contributed by atoms with Crippen LogP contribution >= 0.6 is 0 Å². The third kappa shape index (κ3) is 4.47. The summed E-state index contributed by atoms with van der Waals surface area (Å²) in [6.07, 6.45) is 0.704. The Bertz CT molecular complexity index is 552. The maximum atomic E-state index is 11.8. The molecule has 0 spiro atoms. The van der Waals surface area contributed by atoms with Crippen LogP contribution in [0, 0.1) is 16.0 Å². The van der Waals surface area contributed by atoms with E-state index in [1.165, 1.54) is 0 Å². The summed E-state index contributed by atoms with van der Waals surface area (Å²) in [5.41, 5.74) is -1.44. The molecule has 0 radical (unpaired) electrons. The summed E-state index contributed by atoms with van der Waals surface area (Å²) < 4.78 is 0. The summed E-state index contributed by atoms with van der Waals surface area (Å²) >= 11 is 0. The number of amides is 1. The molecule has 1 amide bonds. The predicted molar refractivity (Wildman–Crippen MR) is 71.5 cm³/mol. The lowest BCUT2D eigenvalue weighted by Crippen LogP contribution is -2.35. The van der Waals surface area contributed by atoms with E-state index in [0.717, 1.165) is 12.3 Å². The summed E-state index contributed by atoms with van der Waals surface area (Å²) in [7, 11) is 0. The molecule has 20 heavy (non-hydrogen) atoms. The zero-order valence-electron chi connectivity index (χ0n) is 11.3. The Morgan fingerprint density at radius 2 is 2.20 bits per heavy atom. The van der Waals surface area contributed by atoms with Gasteiger partial charge in [0.05, 0.1) is 17.2 Å². The van der Waals surface area contributed by atoms with Crippen LogP contribution in [0.15, 0.2) is 17.1 Å². The zero-order valence-corrected chi connectivity index (χ0v) is 11.3. The molecule has 0 bridgehead atoms. The molecule has 0 aromatic carbocycles. The number of aromatic nitrogens is 1. The van der Waals surface area contributed by atoms with Crippen LogP contribution in [-0.4, -0.2) is 33.6 Å². The van der Waals surface area contributed by atoms with Gasteiger partial charge in [-0.05, 0) is 12.3 Å². The number of aliphatic hydroxyl groups excluding tert-OH is 1. The van der Waals surface area contributed by atoms with E-state index in [-0.39, 0.29) is 23.7 Å². The largest absolute Gasteiger partial charge is 0.391 e. The number of nitro groups is 1. The summed E-state index contributed by atoms with van der Waals surface area (Å²) in [4.78, 5) is 35.2. The molecule has 110 valence electrons. The number of aromatic amines is 1. The van der Waals surface area contributed by atoms with Crippen molar-refractivity contribution in [2.24, 2.45) is 5.92 Å². The molecule has 8 heteroatoms. The third-order valence-electron chi connectivity index (χ3n) is 2.59. The number of nitrogens with zero attached hydrogens (tertiary/aromatic N) is 1. The minimum atomic E-state index is -0.752. The Hall–Kier alpha value is -2.22. The number of carbonyl (C=O) groups is 1. The first-order valence-electron chi connectivity index (χ1n) is 6.14. The Labute approximate surface area is 115 Å². The highest BCUT2D eigenvalue weighted by Gasteiger charge is 2.17. The molecule has 1 aromatic rings. The van der Waals surface area contributed by atoms with Crippen LogP contribution in [0.4, 0.5) is 5.69 Å². The molecule has 1 unspecified atom stereocenters. The van der Waals surface area contributed by atoms with Crippen molar-refractivity contribution in [3.8, 4) is 0 Å². The molecule has 8 nitrogen and oxygen atoms in total. The summed E-state index contributed by atoms with van der Waals surface area (Å²) in [6.45, 7) is 3.84. The predicted octanol–water partition coefficient (Wildman–Crippen LogP) is 0.420. The first-order chi connectivity index (χ1) is 9.31. The fourth-order valence-electron chi connectivity index (χ4n) is 1.68. The molecule has 0 saturated heterocycles. The number of aliphatic hydroxyl groups is 1. The van der Waals surface area contributed by atoms with Crippen molar-refractivity contribution in [2.45, 2.75) is 26.4 Å². The summed E-state index contributed by atoms with van der Waals surface area (Å²) in [6, 6.07) is 0.906. The second kappa shape index (κ2) is 6.80. The first-order valence-corrected chi connectivity index (χ1v) is 6.14. The van der Waals surface area contributed by atoms with E-state index >= 15 is 0 Å². The van der Waals surface area contributed by atoms with E-state index in [2.05, 4.69) is 10.3 Å². The van der Waals surface area contributed by atoms with Gasteiger partial charge in [0.2, 0.25) is 0 Å².